The van der Waals surface area contributed by atoms with Gasteiger partial charge in [0.05, 0.1) is 17.5 Å². The number of aliphatic carboxylic acids is 1. The number of nitrogens with zero attached hydrogens (tertiary/aromatic N) is 4. The van der Waals surface area contributed by atoms with Crippen LogP contribution in [0.1, 0.15) is 49.5 Å². The van der Waals surface area contributed by atoms with Gasteiger partial charge in [0.1, 0.15) is 11.7 Å². The Hall–Kier alpha value is -5.16. The maximum Gasteiger partial charge on any atom is 0.300 e. The lowest BCUT2D eigenvalue weighted by molar-refractivity contribution is -0.136. The van der Waals surface area contributed by atoms with E-state index in [9.17, 15) is 22.8 Å². The Labute approximate surface area is 290 Å². The molecule has 268 valence electrons. The molecule has 2 fully saturated rings. The highest BCUT2D eigenvalue weighted by Crippen LogP contribution is 2.28. The van der Waals surface area contributed by atoms with E-state index in [1.54, 1.807) is 23.1 Å². The Morgan fingerprint density at radius 3 is 2.46 bits per heavy atom. The highest BCUT2D eigenvalue weighted by Gasteiger charge is 2.38. The number of rotatable bonds is 13. The SMILES string of the molecule is CC(=O)O.N=C(N)N1CCC[C@@H](CNC(=O)C[C@H](NS(=O)(=O)c2ccc3ccccc3c2)C(=O)N(CCNC(=O)c2cnccn2)C2CC2)C1. The lowest BCUT2D eigenvalue weighted by Crippen LogP contribution is -2.53. The van der Waals surface area contributed by atoms with E-state index >= 15 is 0 Å². The zero-order valence-corrected chi connectivity index (χ0v) is 28.6. The summed E-state index contributed by atoms with van der Waals surface area (Å²) in [5.74, 6) is -2.26. The van der Waals surface area contributed by atoms with E-state index in [-0.39, 0.29) is 41.6 Å². The molecule has 2 atom stereocenters. The van der Waals surface area contributed by atoms with Gasteiger partial charge < -0.3 is 31.3 Å². The molecule has 0 bridgehead atoms. The number of hydrogen-bond acceptors (Lipinski definition) is 9. The molecule has 5 rings (SSSR count). The van der Waals surface area contributed by atoms with Crippen LogP contribution in [0.15, 0.2) is 66.0 Å². The van der Waals surface area contributed by atoms with Crippen molar-refractivity contribution in [3.63, 3.8) is 0 Å². The number of guanidine groups is 1. The summed E-state index contributed by atoms with van der Waals surface area (Å²) in [6.07, 6.45) is 6.91. The summed E-state index contributed by atoms with van der Waals surface area (Å²) in [7, 11) is -4.21. The Balaban J connectivity index is 0.00000133. The number of sulfonamides is 1. The van der Waals surface area contributed by atoms with Crippen LogP contribution < -0.4 is 21.1 Å². The number of benzene rings is 2. The van der Waals surface area contributed by atoms with Gasteiger partial charge in [-0.05, 0) is 54.5 Å². The van der Waals surface area contributed by atoms with Crippen molar-refractivity contribution in [1.29, 1.82) is 5.41 Å². The first-order valence-electron chi connectivity index (χ1n) is 16.2. The minimum Gasteiger partial charge on any atom is -0.481 e. The van der Waals surface area contributed by atoms with E-state index in [0.29, 0.717) is 19.6 Å². The van der Waals surface area contributed by atoms with Crippen molar-refractivity contribution in [3.8, 4) is 0 Å². The van der Waals surface area contributed by atoms with Crippen molar-refractivity contribution >= 4 is 50.4 Å². The maximum atomic E-state index is 14.0. The maximum absolute atomic E-state index is 14.0. The molecule has 3 amide bonds. The molecule has 2 aromatic carbocycles. The Kier molecular flexibility index (Phi) is 13.2. The Bertz CT molecular complexity index is 1780. The minimum atomic E-state index is -4.21. The standard InChI is InChI=1S/C31H39N9O5S.C2H4O2/c32-31(33)39-14-3-4-21(20-39)18-37-28(41)17-26(38-46(44,45)25-10-7-22-5-1-2-6-23(22)16-25)30(43)40(24-8-9-24)15-13-36-29(42)27-19-34-11-12-35-27;1-2(3)4/h1-2,5-7,10-12,16,19,21,24,26,38H,3-4,8-9,13-15,17-18,20H2,(H3,32,33)(H,36,42)(H,37,41);1H3,(H,3,4)/t21-,26-;/m0./s1. The van der Waals surface area contributed by atoms with Gasteiger partial charge in [0, 0.05) is 58.1 Å². The first-order chi connectivity index (χ1) is 23.8. The highest BCUT2D eigenvalue weighted by atomic mass is 32.2. The second kappa shape index (κ2) is 17.5. The number of carbonyl (C=O) groups excluding carboxylic acids is 3. The van der Waals surface area contributed by atoms with Gasteiger partial charge in [-0.1, -0.05) is 30.3 Å². The lowest BCUT2D eigenvalue weighted by atomic mass is 9.98. The quantitative estimate of drug-likeness (QED) is 0.108. The molecule has 1 aliphatic heterocycles. The van der Waals surface area contributed by atoms with Crippen molar-refractivity contribution in [1.82, 2.24) is 35.1 Å². The number of amides is 3. The molecule has 2 aliphatic rings. The molecule has 0 radical (unpaired) electrons. The van der Waals surface area contributed by atoms with E-state index in [1.165, 1.54) is 35.6 Å². The van der Waals surface area contributed by atoms with Crippen LogP contribution in [-0.2, 0) is 24.4 Å². The first kappa shape index (κ1) is 37.7. The third-order valence-corrected chi connectivity index (χ3v) is 9.64. The molecule has 1 saturated carbocycles. The average molecular weight is 710 g/mol. The fraction of sp³-hybridized carbons (Fsp3) is 0.424. The number of aromatic nitrogens is 2. The first-order valence-corrected chi connectivity index (χ1v) is 17.7. The number of carbonyl (C=O) groups is 4. The number of piperidine rings is 1. The van der Waals surface area contributed by atoms with Crippen LogP contribution in [-0.4, -0.2) is 108 Å². The minimum absolute atomic E-state index is 0.0159. The molecule has 1 saturated heterocycles. The van der Waals surface area contributed by atoms with Gasteiger partial charge >= 0.3 is 0 Å². The average Bonchev–Trinajstić information content (AvgIpc) is 3.94. The van der Waals surface area contributed by atoms with Gasteiger partial charge in [-0.3, -0.25) is 29.6 Å². The van der Waals surface area contributed by atoms with E-state index in [1.807, 2.05) is 12.1 Å². The predicted molar refractivity (Wildman–Crippen MR) is 184 cm³/mol. The van der Waals surface area contributed by atoms with Crippen molar-refractivity contribution in [2.75, 3.05) is 32.7 Å². The van der Waals surface area contributed by atoms with E-state index in [2.05, 4.69) is 25.3 Å². The fourth-order valence-corrected chi connectivity index (χ4v) is 6.82. The molecule has 7 N–H and O–H groups in total. The summed E-state index contributed by atoms with van der Waals surface area (Å²) in [5, 5.41) is 22.3. The molecule has 0 spiro atoms. The summed E-state index contributed by atoms with van der Waals surface area (Å²) < 4.78 is 29.8. The van der Waals surface area contributed by atoms with Crippen LogP contribution in [0.4, 0.5) is 0 Å². The zero-order chi connectivity index (χ0) is 36.3. The van der Waals surface area contributed by atoms with Crippen LogP contribution in [0.5, 0.6) is 0 Å². The second-order valence-electron chi connectivity index (χ2n) is 12.2. The normalized spacial score (nSPS) is 16.3. The monoisotopic (exact) mass is 709 g/mol. The number of carboxylic acid groups (broad SMARTS) is 1. The number of carboxylic acids is 1. The zero-order valence-electron chi connectivity index (χ0n) is 27.7. The number of hydrogen-bond donors (Lipinski definition) is 6. The molecule has 3 aromatic rings. The molecular weight excluding hydrogens is 666 g/mol. The Morgan fingerprint density at radius 1 is 1.08 bits per heavy atom. The van der Waals surface area contributed by atoms with Gasteiger partial charge in [0.15, 0.2) is 5.96 Å². The lowest BCUT2D eigenvalue weighted by Gasteiger charge is -2.33. The summed E-state index contributed by atoms with van der Waals surface area (Å²) >= 11 is 0. The van der Waals surface area contributed by atoms with E-state index in [4.69, 9.17) is 21.0 Å². The number of fused-ring (bicyclic) bond motifs is 1. The van der Waals surface area contributed by atoms with Crippen molar-refractivity contribution in [2.45, 2.75) is 56.0 Å². The third kappa shape index (κ3) is 11.2. The second-order valence-corrected chi connectivity index (χ2v) is 13.9. The summed E-state index contributed by atoms with van der Waals surface area (Å²) in [5.41, 5.74) is 5.78. The van der Waals surface area contributed by atoms with Crippen LogP contribution >= 0.6 is 0 Å². The summed E-state index contributed by atoms with van der Waals surface area (Å²) in [6.45, 7) is 2.82. The van der Waals surface area contributed by atoms with Gasteiger partial charge in [-0.25, -0.2) is 13.4 Å². The van der Waals surface area contributed by atoms with Gasteiger partial charge in [-0.2, -0.15) is 4.72 Å². The van der Waals surface area contributed by atoms with Crippen molar-refractivity contribution < 1.29 is 32.7 Å². The molecule has 17 heteroatoms. The predicted octanol–water partition coefficient (Wildman–Crippen LogP) is 0.900. The highest BCUT2D eigenvalue weighted by molar-refractivity contribution is 7.89. The largest absolute Gasteiger partial charge is 0.481 e. The van der Waals surface area contributed by atoms with Gasteiger partial charge in [0.25, 0.3) is 11.9 Å². The summed E-state index contributed by atoms with van der Waals surface area (Å²) in [4.78, 5) is 59.8. The van der Waals surface area contributed by atoms with Gasteiger partial charge in [0.2, 0.25) is 21.8 Å². The van der Waals surface area contributed by atoms with Crippen LogP contribution in [0.2, 0.25) is 0 Å². The molecule has 1 aromatic heterocycles. The molecule has 2 heterocycles. The number of likely N-dealkylation sites (tertiary alicyclic amines) is 1. The third-order valence-electron chi connectivity index (χ3n) is 8.17. The molecular formula is C33H43N9O7S. The molecule has 16 nitrogen and oxygen atoms in total. The van der Waals surface area contributed by atoms with E-state index < -0.39 is 46.2 Å². The van der Waals surface area contributed by atoms with Crippen LogP contribution in [0, 0.1) is 11.3 Å². The number of nitrogens with one attached hydrogen (secondary N) is 4. The molecule has 1 aliphatic carbocycles. The topological polar surface area (TPSA) is 241 Å². The smallest absolute Gasteiger partial charge is 0.300 e. The summed E-state index contributed by atoms with van der Waals surface area (Å²) in [6, 6.07) is 10.5. The van der Waals surface area contributed by atoms with Crippen molar-refractivity contribution in [2.24, 2.45) is 11.7 Å². The Morgan fingerprint density at radius 2 is 1.80 bits per heavy atom. The van der Waals surface area contributed by atoms with Crippen LogP contribution in [0.25, 0.3) is 10.8 Å². The fourth-order valence-electron chi connectivity index (χ4n) is 5.59. The molecule has 50 heavy (non-hydrogen) atoms. The van der Waals surface area contributed by atoms with Gasteiger partial charge in [-0.15, -0.1) is 0 Å². The number of nitrogens with two attached hydrogens (primary N) is 1. The molecule has 0 unspecified atom stereocenters. The van der Waals surface area contributed by atoms with E-state index in [0.717, 1.165) is 43.4 Å². The van der Waals surface area contributed by atoms with Crippen LogP contribution in [0.3, 0.4) is 0 Å². The van der Waals surface area contributed by atoms with Crippen molar-refractivity contribution in [3.05, 3.63) is 66.7 Å².